The van der Waals surface area contributed by atoms with Gasteiger partial charge in [0.1, 0.15) is 0 Å². The Hall–Kier alpha value is -0.0800. The van der Waals surface area contributed by atoms with Gasteiger partial charge < -0.3 is 0 Å². The lowest BCUT2D eigenvalue weighted by atomic mass is 10.2. The Morgan fingerprint density at radius 2 is 2.27 bits per heavy atom. The average Bonchev–Trinajstić information content (AvgIpc) is 2.01. The van der Waals surface area contributed by atoms with Crippen molar-refractivity contribution in [1.29, 1.82) is 0 Å². The van der Waals surface area contributed by atoms with Gasteiger partial charge in [-0.25, -0.2) is 0 Å². The highest BCUT2D eigenvalue weighted by atomic mass is 32.2. The summed E-state index contributed by atoms with van der Waals surface area (Å²) in [5.41, 5.74) is 1.33. The van der Waals surface area contributed by atoms with Crippen molar-refractivity contribution in [1.82, 2.24) is 0 Å². The minimum Gasteiger partial charge on any atom is -0.178 e. The molecule has 2 heteroatoms. The molecule has 0 saturated carbocycles. The Morgan fingerprint density at radius 3 is 2.91 bits per heavy atom. The van der Waals surface area contributed by atoms with E-state index in [2.05, 4.69) is 43.8 Å². The smallest absolute Gasteiger partial charge is 0.00748 e. The first-order chi connectivity index (χ1) is 5.33. The van der Waals surface area contributed by atoms with Crippen LogP contribution in [0.15, 0.2) is 29.2 Å². The molecule has 0 N–H and O–H groups in total. The van der Waals surface area contributed by atoms with Crippen LogP contribution in [-0.2, 0) is 0 Å². The molecule has 0 unspecified atom stereocenters. The molecule has 0 aliphatic heterocycles. The minimum atomic E-state index is 0.943. The van der Waals surface area contributed by atoms with E-state index in [1.54, 1.807) is 0 Å². The highest BCUT2D eigenvalue weighted by Crippen LogP contribution is 2.18. The Morgan fingerprint density at radius 1 is 1.45 bits per heavy atom. The van der Waals surface area contributed by atoms with E-state index in [9.17, 15) is 0 Å². The van der Waals surface area contributed by atoms with Crippen LogP contribution < -0.4 is 0 Å². The van der Waals surface area contributed by atoms with Gasteiger partial charge in [0.05, 0.1) is 0 Å². The van der Waals surface area contributed by atoms with Crippen molar-refractivity contribution in [3.63, 3.8) is 0 Å². The molecule has 0 nitrogen and oxygen atoms in total. The molecular weight excluding hydrogens is 172 g/mol. The lowest BCUT2D eigenvalue weighted by Gasteiger charge is -1.99. The molecule has 0 saturated heterocycles. The maximum absolute atomic E-state index is 4.16. The number of hydrogen-bond acceptors (Lipinski definition) is 2. The van der Waals surface area contributed by atoms with Crippen LogP contribution >= 0.6 is 24.4 Å². The van der Waals surface area contributed by atoms with E-state index in [1.807, 2.05) is 11.8 Å². The van der Waals surface area contributed by atoms with Gasteiger partial charge in [-0.1, -0.05) is 17.7 Å². The summed E-state index contributed by atoms with van der Waals surface area (Å²) < 4.78 is 0. The van der Waals surface area contributed by atoms with Crippen molar-refractivity contribution in [3.05, 3.63) is 29.8 Å². The van der Waals surface area contributed by atoms with Gasteiger partial charge in [0.25, 0.3) is 0 Å². The van der Waals surface area contributed by atoms with Gasteiger partial charge in [0.2, 0.25) is 0 Å². The van der Waals surface area contributed by atoms with Crippen molar-refractivity contribution in [3.8, 4) is 0 Å². The van der Waals surface area contributed by atoms with E-state index in [1.165, 1.54) is 10.5 Å². The van der Waals surface area contributed by atoms with Crippen LogP contribution in [0.4, 0.5) is 0 Å². The van der Waals surface area contributed by atoms with Gasteiger partial charge >= 0.3 is 0 Å². The molecule has 0 aromatic heterocycles. The highest BCUT2D eigenvalue weighted by molar-refractivity contribution is 8.00. The second-order valence-electron chi connectivity index (χ2n) is 2.39. The summed E-state index contributed by atoms with van der Waals surface area (Å²) in [6, 6.07) is 8.55. The summed E-state index contributed by atoms with van der Waals surface area (Å²) in [6.07, 6.45) is 0. The Balaban J connectivity index is 2.56. The molecule has 0 spiro atoms. The van der Waals surface area contributed by atoms with Crippen LogP contribution in [0.5, 0.6) is 0 Å². The van der Waals surface area contributed by atoms with Crippen LogP contribution in [0.3, 0.4) is 0 Å². The number of aryl methyl sites for hydroxylation is 1. The van der Waals surface area contributed by atoms with Gasteiger partial charge in [0.15, 0.2) is 0 Å². The van der Waals surface area contributed by atoms with Crippen LogP contribution in [0, 0.1) is 6.92 Å². The molecule has 1 rings (SSSR count). The van der Waals surface area contributed by atoms with Crippen LogP contribution in [0.2, 0.25) is 0 Å². The molecule has 0 aliphatic rings. The number of thioether (sulfide) groups is 1. The maximum atomic E-state index is 4.16. The third kappa shape index (κ3) is 3.21. The molecule has 0 radical (unpaired) electrons. The predicted molar refractivity (Wildman–Crippen MR) is 55.8 cm³/mol. The zero-order valence-corrected chi connectivity index (χ0v) is 8.29. The van der Waals surface area contributed by atoms with E-state index in [0.29, 0.717) is 0 Å². The first kappa shape index (κ1) is 9.01. The average molecular weight is 184 g/mol. The fraction of sp³-hybridized carbons (Fsp3) is 0.333. The fourth-order valence-corrected chi connectivity index (χ4v) is 1.91. The summed E-state index contributed by atoms with van der Waals surface area (Å²) in [6.45, 7) is 2.12. The number of hydrogen-bond donors (Lipinski definition) is 1. The third-order valence-corrected chi connectivity index (χ3v) is 2.87. The molecular formula is C9H12S2. The summed E-state index contributed by atoms with van der Waals surface area (Å²) in [4.78, 5) is 1.35. The molecule has 0 bridgehead atoms. The monoisotopic (exact) mass is 184 g/mol. The molecule has 1 aromatic carbocycles. The van der Waals surface area contributed by atoms with E-state index in [4.69, 9.17) is 0 Å². The van der Waals surface area contributed by atoms with Gasteiger partial charge in [-0.3, -0.25) is 0 Å². The van der Waals surface area contributed by atoms with Crippen molar-refractivity contribution < 1.29 is 0 Å². The number of rotatable bonds is 3. The number of thiol groups is 1. The number of benzene rings is 1. The molecule has 0 amide bonds. The van der Waals surface area contributed by atoms with Crippen molar-refractivity contribution in [2.24, 2.45) is 0 Å². The highest BCUT2D eigenvalue weighted by Gasteiger charge is 1.91. The standard InChI is InChI=1S/C9H12S2/c1-8-3-2-4-9(7-8)11-6-5-10/h2-4,7,10H,5-6H2,1H3. The second kappa shape index (κ2) is 4.73. The quantitative estimate of drug-likeness (QED) is 0.556. The molecule has 11 heavy (non-hydrogen) atoms. The Labute approximate surface area is 77.8 Å². The molecule has 0 fully saturated rings. The van der Waals surface area contributed by atoms with Crippen LogP contribution in [-0.4, -0.2) is 11.5 Å². The van der Waals surface area contributed by atoms with Crippen molar-refractivity contribution in [2.45, 2.75) is 11.8 Å². The summed E-state index contributed by atoms with van der Waals surface area (Å²) >= 11 is 6.01. The second-order valence-corrected chi connectivity index (χ2v) is 4.00. The van der Waals surface area contributed by atoms with Gasteiger partial charge in [-0.2, -0.15) is 12.6 Å². The van der Waals surface area contributed by atoms with Crippen LogP contribution in [0.25, 0.3) is 0 Å². The molecule has 1 aromatic rings. The van der Waals surface area contributed by atoms with Crippen LogP contribution in [0.1, 0.15) is 5.56 Å². The maximum Gasteiger partial charge on any atom is 0.00748 e. The first-order valence-corrected chi connectivity index (χ1v) is 5.25. The molecule has 0 aliphatic carbocycles. The molecule has 60 valence electrons. The SMILES string of the molecule is Cc1cccc(SCCS)c1. The topological polar surface area (TPSA) is 0 Å². The van der Waals surface area contributed by atoms with E-state index in [0.717, 1.165) is 11.5 Å². The van der Waals surface area contributed by atoms with Gasteiger partial charge in [0, 0.05) is 10.6 Å². The Kier molecular flexibility index (Phi) is 3.87. The summed E-state index contributed by atoms with van der Waals surface area (Å²) in [5, 5.41) is 0. The molecule has 0 atom stereocenters. The Bertz CT molecular complexity index is 221. The largest absolute Gasteiger partial charge is 0.178 e. The van der Waals surface area contributed by atoms with Crippen molar-refractivity contribution >= 4 is 24.4 Å². The normalized spacial score (nSPS) is 10.0. The van der Waals surface area contributed by atoms with E-state index < -0.39 is 0 Å². The lowest BCUT2D eigenvalue weighted by Crippen LogP contribution is -1.79. The zero-order chi connectivity index (χ0) is 8.10. The summed E-state index contributed by atoms with van der Waals surface area (Å²) in [5.74, 6) is 2.03. The third-order valence-electron chi connectivity index (χ3n) is 1.35. The molecule has 0 heterocycles. The summed E-state index contributed by atoms with van der Waals surface area (Å²) in [7, 11) is 0. The van der Waals surface area contributed by atoms with Gasteiger partial charge in [-0.05, 0) is 24.8 Å². The predicted octanol–water partition coefficient (Wildman–Crippen LogP) is 3.02. The lowest BCUT2D eigenvalue weighted by molar-refractivity contribution is 1.35. The van der Waals surface area contributed by atoms with E-state index >= 15 is 0 Å². The van der Waals surface area contributed by atoms with Gasteiger partial charge in [-0.15, -0.1) is 11.8 Å². The first-order valence-electron chi connectivity index (χ1n) is 3.63. The minimum absolute atomic E-state index is 0.943. The fourth-order valence-electron chi connectivity index (χ4n) is 0.869. The van der Waals surface area contributed by atoms with E-state index in [-0.39, 0.29) is 0 Å². The zero-order valence-electron chi connectivity index (χ0n) is 6.58. The van der Waals surface area contributed by atoms with Crippen molar-refractivity contribution in [2.75, 3.05) is 11.5 Å².